The van der Waals surface area contributed by atoms with Crippen molar-refractivity contribution in [1.82, 2.24) is 4.98 Å². The lowest BCUT2D eigenvalue weighted by molar-refractivity contribution is 0.0594. The summed E-state index contributed by atoms with van der Waals surface area (Å²) in [5.41, 5.74) is 1.54. The zero-order valence-corrected chi connectivity index (χ0v) is 11.5. The quantitative estimate of drug-likeness (QED) is 0.791. The number of hydrogen-bond acceptors (Lipinski definition) is 5. The number of carbonyl (C=O) groups excluding carboxylic acids is 1. The Kier molecular flexibility index (Phi) is 2.98. The Bertz CT molecular complexity index is 635. The summed E-state index contributed by atoms with van der Waals surface area (Å²) in [7, 11) is 1.37. The lowest BCUT2D eigenvalue weighted by Crippen LogP contribution is -2.06. The van der Waals surface area contributed by atoms with Crippen LogP contribution in [0.15, 0.2) is 24.3 Å². The normalized spacial score (nSPS) is 16.8. The van der Waals surface area contributed by atoms with Crippen LogP contribution in [0.5, 0.6) is 5.75 Å². The van der Waals surface area contributed by atoms with Gasteiger partial charge in [-0.1, -0.05) is 18.2 Å². The lowest BCUT2D eigenvalue weighted by Gasteiger charge is -2.03. The van der Waals surface area contributed by atoms with Gasteiger partial charge in [0.2, 0.25) is 0 Å². The molecular weight excluding hydrogens is 262 g/mol. The summed E-state index contributed by atoms with van der Waals surface area (Å²) in [4.78, 5) is 16.9. The number of benzene rings is 1. The Morgan fingerprint density at radius 3 is 3.05 bits per heavy atom. The van der Waals surface area contributed by atoms with Crippen molar-refractivity contribution in [2.45, 2.75) is 12.8 Å². The van der Waals surface area contributed by atoms with E-state index in [-0.39, 0.29) is 11.9 Å². The van der Waals surface area contributed by atoms with Gasteiger partial charge in [0.1, 0.15) is 17.4 Å². The fourth-order valence-corrected chi connectivity index (χ4v) is 3.23. The number of carbonyl (C=O) groups is 1. The maximum atomic E-state index is 11.6. The molecule has 1 aromatic heterocycles. The average Bonchev–Trinajstić information content (AvgIpc) is 3.01. The first-order valence-corrected chi connectivity index (χ1v) is 6.79. The van der Waals surface area contributed by atoms with Gasteiger partial charge in [-0.2, -0.15) is 0 Å². The molecule has 2 heterocycles. The fraction of sp³-hybridized carbons (Fsp3) is 0.286. The summed E-state index contributed by atoms with van der Waals surface area (Å²) in [6, 6.07) is 7.94. The van der Waals surface area contributed by atoms with Crippen molar-refractivity contribution in [3.8, 4) is 5.75 Å². The van der Waals surface area contributed by atoms with Gasteiger partial charge in [0.15, 0.2) is 5.69 Å². The Hall–Kier alpha value is -1.88. The van der Waals surface area contributed by atoms with E-state index in [0.717, 1.165) is 21.2 Å². The highest BCUT2D eigenvalue weighted by atomic mass is 32.1. The highest BCUT2D eigenvalue weighted by molar-refractivity contribution is 7.12. The number of thiazole rings is 1. The number of methoxy groups -OCH3 is 1. The second-order valence-electron chi connectivity index (χ2n) is 4.35. The van der Waals surface area contributed by atoms with E-state index in [1.807, 2.05) is 31.2 Å². The van der Waals surface area contributed by atoms with E-state index >= 15 is 0 Å². The van der Waals surface area contributed by atoms with Crippen LogP contribution in [-0.4, -0.2) is 24.7 Å². The van der Waals surface area contributed by atoms with Gasteiger partial charge in [0.25, 0.3) is 0 Å². The second-order valence-corrected chi connectivity index (χ2v) is 5.58. The van der Waals surface area contributed by atoms with Crippen LogP contribution < -0.4 is 4.74 Å². The zero-order chi connectivity index (χ0) is 13.4. The summed E-state index contributed by atoms with van der Waals surface area (Å²) >= 11 is 1.53. The van der Waals surface area contributed by atoms with E-state index in [1.165, 1.54) is 18.4 Å². The topological polar surface area (TPSA) is 48.4 Å². The standard InChI is InChI=1S/C14H13NO3S/c1-8-12(14(16)17-2)15-13(19-8)10-7-18-11-6-4-3-5-9(10)11/h3-6,10H,7H2,1-2H3. The lowest BCUT2D eigenvalue weighted by atomic mass is 10.0. The van der Waals surface area contributed by atoms with Crippen LogP contribution in [0.2, 0.25) is 0 Å². The van der Waals surface area contributed by atoms with Crippen LogP contribution in [0.3, 0.4) is 0 Å². The van der Waals surface area contributed by atoms with Crippen molar-refractivity contribution in [3.05, 3.63) is 45.4 Å². The van der Waals surface area contributed by atoms with Crippen molar-refractivity contribution >= 4 is 17.3 Å². The molecule has 0 N–H and O–H groups in total. The molecule has 0 fully saturated rings. The van der Waals surface area contributed by atoms with Gasteiger partial charge < -0.3 is 9.47 Å². The fourth-order valence-electron chi connectivity index (χ4n) is 2.22. The minimum Gasteiger partial charge on any atom is -0.492 e. The molecule has 0 spiro atoms. The molecule has 1 unspecified atom stereocenters. The van der Waals surface area contributed by atoms with Crippen LogP contribution in [0, 0.1) is 6.92 Å². The molecule has 0 saturated carbocycles. The van der Waals surface area contributed by atoms with Crippen LogP contribution in [-0.2, 0) is 4.74 Å². The largest absolute Gasteiger partial charge is 0.492 e. The molecule has 1 aliphatic heterocycles. The van der Waals surface area contributed by atoms with E-state index in [2.05, 4.69) is 4.98 Å². The van der Waals surface area contributed by atoms with Crippen LogP contribution >= 0.6 is 11.3 Å². The van der Waals surface area contributed by atoms with Crippen LogP contribution in [0.4, 0.5) is 0 Å². The molecule has 4 nitrogen and oxygen atoms in total. The maximum Gasteiger partial charge on any atom is 0.357 e. The van der Waals surface area contributed by atoms with E-state index in [4.69, 9.17) is 9.47 Å². The SMILES string of the molecule is COC(=O)c1nc(C2COc3ccccc32)sc1C. The van der Waals surface area contributed by atoms with Crippen molar-refractivity contribution in [3.63, 3.8) is 0 Å². The number of aryl methyl sites for hydroxylation is 1. The molecule has 1 aromatic carbocycles. The zero-order valence-electron chi connectivity index (χ0n) is 10.7. The van der Waals surface area contributed by atoms with Crippen molar-refractivity contribution < 1.29 is 14.3 Å². The monoisotopic (exact) mass is 275 g/mol. The Balaban J connectivity index is 1.99. The smallest absolute Gasteiger partial charge is 0.357 e. The first-order valence-electron chi connectivity index (χ1n) is 5.98. The minimum atomic E-state index is -0.382. The van der Waals surface area contributed by atoms with Gasteiger partial charge in [-0.05, 0) is 13.0 Å². The Morgan fingerprint density at radius 1 is 1.47 bits per heavy atom. The highest BCUT2D eigenvalue weighted by Crippen LogP contribution is 2.39. The maximum absolute atomic E-state index is 11.6. The number of nitrogens with zero attached hydrogens (tertiary/aromatic N) is 1. The van der Waals surface area contributed by atoms with Crippen molar-refractivity contribution in [1.29, 1.82) is 0 Å². The van der Waals surface area contributed by atoms with Gasteiger partial charge in [0, 0.05) is 10.4 Å². The Morgan fingerprint density at radius 2 is 2.26 bits per heavy atom. The number of esters is 1. The molecule has 1 aliphatic rings. The first-order chi connectivity index (χ1) is 9.20. The number of ether oxygens (including phenoxy) is 2. The summed E-state index contributed by atoms with van der Waals surface area (Å²) in [5.74, 6) is 0.630. The van der Waals surface area contributed by atoms with E-state index in [1.54, 1.807) is 0 Å². The van der Waals surface area contributed by atoms with E-state index in [0.29, 0.717) is 12.3 Å². The first kappa shape index (κ1) is 12.2. The third-order valence-corrected chi connectivity index (χ3v) is 4.27. The molecule has 0 saturated heterocycles. The minimum absolute atomic E-state index is 0.110. The molecule has 19 heavy (non-hydrogen) atoms. The molecule has 5 heteroatoms. The van der Waals surface area contributed by atoms with Gasteiger partial charge in [-0.25, -0.2) is 9.78 Å². The number of para-hydroxylation sites is 1. The van der Waals surface area contributed by atoms with Gasteiger partial charge in [-0.3, -0.25) is 0 Å². The van der Waals surface area contributed by atoms with Crippen molar-refractivity contribution in [2.75, 3.05) is 13.7 Å². The third kappa shape index (κ3) is 2.00. The highest BCUT2D eigenvalue weighted by Gasteiger charge is 2.29. The number of fused-ring (bicyclic) bond motifs is 1. The van der Waals surface area contributed by atoms with Crippen LogP contribution in [0.25, 0.3) is 0 Å². The molecule has 1 atom stereocenters. The predicted molar refractivity (Wildman–Crippen MR) is 72.0 cm³/mol. The molecule has 2 aromatic rings. The number of hydrogen-bond donors (Lipinski definition) is 0. The second kappa shape index (κ2) is 4.66. The van der Waals surface area contributed by atoms with Gasteiger partial charge in [0.05, 0.1) is 13.0 Å². The average molecular weight is 275 g/mol. The van der Waals surface area contributed by atoms with Gasteiger partial charge in [-0.15, -0.1) is 11.3 Å². The summed E-state index contributed by atoms with van der Waals surface area (Å²) < 4.78 is 10.4. The summed E-state index contributed by atoms with van der Waals surface area (Å²) in [6.07, 6.45) is 0. The van der Waals surface area contributed by atoms with E-state index in [9.17, 15) is 4.79 Å². The van der Waals surface area contributed by atoms with Crippen LogP contribution in [0.1, 0.15) is 31.9 Å². The Labute approximate surface area is 115 Å². The molecule has 0 aliphatic carbocycles. The number of rotatable bonds is 2. The predicted octanol–water partition coefficient (Wildman–Crippen LogP) is 2.76. The van der Waals surface area contributed by atoms with Crippen molar-refractivity contribution in [2.24, 2.45) is 0 Å². The van der Waals surface area contributed by atoms with Gasteiger partial charge >= 0.3 is 5.97 Å². The molecule has 98 valence electrons. The number of aromatic nitrogens is 1. The molecule has 0 bridgehead atoms. The summed E-state index contributed by atoms with van der Waals surface area (Å²) in [5, 5.41) is 0.905. The molecule has 0 amide bonds. The molecule has 3 rings (SSSR count). The molecule has 0 radical (unpaired) electrons. The third-order valence-electron chi connectivity index (χ3n) is 3.19. The summed E-state index contributed by atoms with van der Waals surface area (Å²) in [6.45, 7) is 2.46. The van der Waals surface area contributed by atoms with E-state index < -0.39 is 0 Å². The molecular formula is C14H13NO3S.